The van der Waals surface area contributed by atoms with E-state index in [2.05, 4.69) is 5.32 Å². The number of amides is 2. The Labute approximate surface area is 164 Å². The lowest BCUT2D eigenvalue weighted by Crippen LogP contribution is -2.49. The molecule has 0 aliphatic carbocycles. The highest BCUT2D eigenvalue weighted by Gasteiger charge is 2.31. The summed E-state index contributed by atoms with van der Waals surface area (Å²) in [5.41, 5.74) is 0.463. The van der Waals surface area contributed by atoms with E-state index in [1.54, 1.807) is 36.9 Å². The van der Waals surface area contributed by atoms with Crippen molar-refractivity contribution in [2.45, 2.75) is 32.7 Å². The molecule has 0 bridgehead atoms. The standard InChI is InChI=1S/C20H28N2O6/c1-12(2)17(20(25)26)21-18(23)13-5-7-22(8-6-13)19(24)14-9-15(27-3)11-16(10-14)28-4/h9-13,17H,5-8H2,1-4H3,(H,21,23)(H,25,26)/t17-/m1/s1. The van der Waals surface area contributed by atoms with Crippen LogP contribution in [0.25, 0.3) is 0 Å². The number of rotatable bonds is 7. The first kappa shape index (κ1) is 21.5. The monoisotopic (exact) mass is 392 g/mol. The van der Waals surface area contributed by atoms with Crippen LogP contribution in [0.4, 0.5) is 0 Å². The Morgan fingerprint density at radius 2 is 1.61 bits per heavy atom. The lowest BCUT2D eigenvalue weighted by Gasteiger charge is -2.32. The summed E-state index contributed by atoms with van der Waals surface area (Å²) in [6.07, 6.45) is 0.978. The summed E-state index contributed by atoms with van der Waals surface area (Å²) < 4.78 is 10.4. The van der Waals surface area contributed by atoms with Crippen molar-refractivity contribution in [2.24, 2.45) is 11.8 Å². The van der Waals surface area contributed by atoms with Gasteiger partial charge in [-0.3, -0.25) is 9.59 Å². The number of piperidine rings is 1. The molecule has 2 rings (SSSR count). The van der Waals surface area contributed by atoms with E-state index in [1.807, 2.05) is 0 Å². The van der Waals surface area contributed by atoms with Crippen LogP contribution in [0, 0.1) is 11.8 Å². The summed E-state index contributed by atoms with van der Waals surface area (Å²) >= 11 is 0. The Kier molecular flexibility index (Phi) is 7.25. The van der Waals surface area contributed by atoms with Gasteiger partial charge in [-0.2, -0.15) is 0 Å². The second-order valence-corrected chi connectivity index (χ2v) is 7.24. The van der Waals surface area contributed by atoms with E-state index in [9.17, 15) is 19.5 Å². The van der Waals surface area contributed by atoms with E-state index >= 15 is 0 Å². The van der Waals surface area contributed by atoms with Crippen molar-refractivity contribution in [1.82, 2.24) is 10.2 Å². The quantitative estimate of drug-likeness (QED) is 0.733. The maximum absolute atomic E-state index is 12.8. The van der Waals surface area contributed by atoms with Gasteiger partial charge in [0.25, 0.3) is 5.91 Å². The molecule has 0 aromatic heterocycles. The zero-order chi connectivity index (χ0) is 20.8. The van der Waals surface area contributed by atoms with Gasteiger partial charge in [-0.25, -0.2) is 4.79 Å². The Morgan fingerprint density at radius 1 is 1.07 bits per heavy atom. The fraction of sp³-hybridized carbons (Fsp3) is 0.550. The Bertz CT molecular complexity index is 703. The largest absolute Gasteiger partial charge is 0.497 e. The zero-order valence-electron chi connectivity index (χ0n) is 16.7. The Morgan fingerprint density at radius 3 is 2.04 bits per heavy atom. The SMILES string of the molecule is COc1cc(OC)cc(C(=O)N2CCC(C(=O)N[C@@H](C(=O)O)C(C)C)CC2)c1. The molecule has 1 aliphatic rings. The third kappa shape index (κ3) is 5.15. The normalized spacial score (nSPS) is 15.8. The lowest BCUT2D eigenvalue weighted by molar-refractivity contribution is -0.144. The smallest absolute Gasteiger partial charge is 0.326 e. The van der Waals surface area contributed by atoms with Gasteiger partial charge < -0.3 is 24.8 Å². The topological polar surface area (TPSA) is 105 Å². The molecule has 1 atom stereocenters. The van der Waals surface area contributed by atoms with E-state index in [0.29, 0.717) is 43.0 Å². The van der Waals surface area contributed by atoms with Gasteiger partial charge in [-0.15, -0.1) is 0 Å². The molecule has 2 N–H and O–H groups in total. The summed E-state index contributed by atoms with van der Waals surface area (Å²) in [4.78, 5) is 38.2. The number of nitrogens with zero attached hydrogens (tertiary/aromatic N) is 1. The first-order valence-corrected chi connectivity index (χ1v) is 9.32. The Balaban J connectivity index is 1.99. The minimum absolute atomic E-state index is 0.151. The third-order valence-electron chi connectivity index (χ3n) is 4.98. The first-order chi connectivity index (χ1) is 13.3. The van der Waals surface area contributed by atoms with E-state index in [4.69, 9.17) is 9.47 Å². The minimum atomic E-state index is -1.04. The van der Waals surface area contributed by atoms with Gasteiger partial charge in [0.1, 0.15) is 17.5 Å². The lowest BCUT2D eigenvalue weighted by atomic mass is 9.94. The van der Waals surface area contributed by atoms with Gasteiger partial charge in [-0.1, -0.05) is 13.8 Å². The molecule has 154 valence electrons. The van der Waals surface area contributed by atoms with Crippen LogP contribution in [0.5, 0.6) is 11.5 Å². The highest BCUT2D eigenvalue weighted by atomic mass is 16.5. The number of carboxylic acid groups (broad SMARTS) is 1. The molecule has 2 amide bonds. The number of aliphatic carboxylic acids is 1. The second-order valence-electron chi connectivity index (χ2n) is 7.24. The van der Waals surface area contributed by atoms with Gasteiger partial charge in [0.05, 0.1) is 14.2 Å². The highest BCUT2D eigenvalue weighted by Crippen LogP contribution is 2.25. The highest BCUT2D eigenvalue weighted by molar-refractivity contribution is 5.95. The van der Waals surface area contributed by atoms with Crippen molar-refractivity contribution in [2.75, 3.05) is 27.3 Å². The van der Waals surface area contributed by atoms with Crippen LogP contribution in [-0.2, 0) is 9.59 Å². The second kappa shape index (κ2) is 9.43. The molecule has 1 aliphatic heterocycles. The molecule has 1 aromatic rings. The van der Waals surface area contributed by atoms with Crippen LogP contribution >= 0.6 is 0 Å². The summed E-state index contributed by atoms with van der Waals surface area (Å²) in [7, 11) is 3.05. The third-order valence-corrected chi connectivity index (χ3v) is 4.98. The van der Waals surface area contributed by atoms with Crippen LogP contribution in [0.1, 0.15) is 37.0 Å². The fourth-order valence-electron chi connectivity index (χ4n) is 3.24. The predicted molar refractivity (Wildman–Crippen MR) is 103 cm³/mol. The molecule has 0 saturated carbocycles. The Hall–Kier alpha value is -2.77. The molecular weight excluding hydrogens is 364 g/mol. The molecule has 1 saturated heterocycles. The van der Waals surface area contributed by atoms with E-state index < -0.39 is 12.0 Å². The molecule has 1 heterocycles. The average molecular weight is 392 g/mol. The average Bonchev–Trinajstić information content (AvgIpc) is 2.70. The van der Waals surface area contributed by atoms with Gasteiger partial charge in [0, 0.05) is 30.6 Å². The number of carboxylic acids is 1. The fourth-order valence-corrected chi connectivity index (χ4v) is 3.24. The van der Waals surface area contributed by atoms with E-state index in [1.165, 1.54) is 14.2 Å². The van der Waals surface area contributed by atoms with Gasteiger partial charge in [0.15, 0.2) is 0 Å². The van der Waals surface area contributed by atoms with Gasteiger partial charge >= 0.3 is 5.97 Å². The van der Waals surface area contributed by atoms with Crippen molar-refractivity contribution in [3.63, 3.8) is 0 Å². The van der Waals surface area contributed by atoms with Crippen molar-refractivity contribution in [3.05, 3.63) is 23.8 Å². The van der Waals surface area contributed by atoms with Gasteiger partial charge in [0.2, 0.25) is 5.91 Å². The maximum Gasteiger partial charge on any atom is 0.326 e. The molecule has 0 spiro atoms. The number of benzene rings is 1. The van der Waals surface area contributed by atoms with Crippen molar-refractivity contribution < 1.29 is 29.0 Å². The summed E-state index contributed by atoms with van der Waals surface area (Å²) in [5.74, 6) is -0.896. The van der Waals surface area contributed by atoms with Crippen molar-refractivity contribution in [3.8, 4) is 11.5 Å². The summed E-state index contributed by atoms with van der Waals surface area (Å²) in [5, 5.41) is 11.8. The predicted octanol–water partition coefficient (Wildman–Crippen LogP) is 1.78. The van der Waals surface area contributed by atoms with Crippen molar-refractivity contribution >= 4 is 17.8 Å². The number of hydrogen-bond acceptors (Lipinski definition) is 5. The summed E-state index contributed by atoms with van der Waals surface area (Å²) in [6.45, 7) is 4.36. The molecule has 0 unspecified atom stereocenters. The number of likely N-dealkylation sites (tertiary alicyclic amines) is 1. The van der Waals surface area contributed by atoms with Crippen LogP contribution in [0.2, 0.25) is 0 Å². The first-order valence-electron chi connectivity index (χ1n) is 9.32. The van der Waals surface area contributed by atoms with Gasteiger partial charge in [-0.05, 0) is 30.9 Å². The van der Waals surface area contributed by atoms with Crippen LogP contribution in [0.15, 0.2) is 18.2 Å². The molecule has 28 heavy (non-hydrogen) atoms. The van der Waals surface area contributed by atoms with Crippen LogP contribution < -0.4 is 14.8 Å². The molecular formula is C20H28N2O6. The number of hydrogen-bond donors (Lipinski definition) is 2. The minimum Gasteiger partial charge on any atom is -0.497 e. The number of methoxy groups -OCH3 is 2. The van der Waals surface area contributed by atoms with E-state index in [-0.39, 0.29) is 23.7 Å². The van der Waals surface area contributed by atoms with E-state index in [0.717, 1.165) is 0 Å². The number of ether oxygens (including phenoxy) is 2. The number of carbonyl (C=O) groups is 3. The number of carbonyl (C=O) groups excluding carboxylic acids is 2. The zero-order valence-corrected chi connectivity index (χ0v) is 16.7. The molecule has 8 nitrogen and oxygen atoms in total. The maximum atomic E-state index is 12.8. The summed E-state index contributed by atoms with van der Waals surface area (Å²) in [6, 6.07) is 4.10. The molecule has 8 heteroatoms. The molecule has 0 radical (unpaired) electrons. The van der Waals surface area contributed by atoms with Crippen LogP contribution in [0.3, 0.4) is 0 Å². The molecule has 1 aromatic carbocycles. The van der Waals surface area contributed by atoms with Crippen LogP contribution in [-0.4, -0.2) is 61.1 Å². The number of nitrogens with one attached hydrogen (secondary N) is 1. The van der Waals surface area contributed by atoms with Crippen molar-refractivity contribution in [1.29, 1.82) is 0 Å². The molecule has 1 fully saturated rings.